The van der Waals surface area contributed by atoms with Crippen molar-refractivity contribution in [2.24, 2.45) is 0 Å². The third kappa shape index (κ3) is 2.65. The second-order valence-electron chi connectivity index (χ2n) is 3.43. The summed E-state index contributed by atoms with van der Waals surface area (Å²) in [6.07, 6.45) is 1.66. The fourth-order valence-corrected chi connectivity index (χ4v) is 1.21. The lowest BCUT2D eigenvalue weighted by Gasteiger charge is -2.20. The molecule has 0 aromatic carbocycles. The molecular formula is C8H15NO4. The number of nitrogens with one attached hydrogen (secondary N) is 1. The van der Waals surface area contributed by atoms with E-state index >= 15 is 0 Å². The molecule has 1 saturated carbocycles. The van der Waals surface area contributed by atoms with Crippen LogP contribution in [0.1, 0.15) is 12.8 Å². The van der Waals surface area contributed by atoms with Crippen molar-refractivity contribution in [2.45, 2.75) is 24.4 Å². The highest BCUT2D eigenvalue weighted by Crippen LogP contribution is 2.34. The molecule has 0 spiro atoms. The van der Waals surface area contributed by atoms with Gasteiger partial charge in [0, 0.05) is 12.6 Å². The Hall–Kier alpha value is -0.650. The van der Waals surface area contributed by atoms with E-state index in [9.17, 15) is 4.79 Å². The lowest BCUT2D eigenvalue weighted by molar-refractivity contribution is -0.141. The topological polar surface area (TPSA) is 78.8 Å². The van der Waals surface area contributed by atoms with E-state index in [1.54, 1.807) is 0 Å². The van der Waals surface area contributed by atoms with Gasteiger partial charge in [0.15, 0.2) is 0 Å². The number of ether oxygens (including phenoxy) is 1. The van der Waals surface area contributed by atoms with Crippen molar-refractivity contribution in [3.63, 3.8) is 0 Å². The number of aliphatic hydroxyl groups is 1. The number of aliphatic carboxylic acids is 1. The zero-order valence-corrected chi connectivity index (χ0v) is 7.62. The first-order chi connectivity index (χ1) is 6.13. The first-order valence-corrected chi connectivity index (χ1v) is 4.24. The van der Waals surface area contributed by atoms with Crippen LogP contribution in [-0.4, -0.2) is 48.1 Å². The van der Waals surface area contributed by atoms with Crippen LogP contribution >= 0.6 is 0 Å². The van der Waals surface area contributed by atoms with Crippen LogP contribution in [0.15, 0.2) is 0 Å². The standard InChI is InChI=1S/C8H15NO4/c1-13-4-6(7(11)12)9-8(5-10)2-3-8/h6,9-10H,2-5H2,1H3,(H,11,12). The van der Waals surface area contributed by atoms with Gasteiger partial charge < -0.3 is 14.9 Å². The summed E-state index contributed by atoms with van der Waals surface area (Å²) < 4.78 is 4.76. The summed E-state index contributed by atoms with van der Waals surface area (Å²) in [5.41, 5.74) is -0.360. The van der Waals surface area contributed by atoms with Gasteiger partial charge in [0.25, 0.3) is 0 Å². The molecule has 1 fully saturated rings. The van der Waals surface area contributed by atoms with Crippen molar-refractivity contribution in [3.8, 4) is 0 Å². The molecule has 1 unspecified atom stereocenters. The molecule has 5 heteroatoms. The summed E-state index contributed by atoms with van der Waals surface area (Å²) in [5.74, 6) is -0.943. The van der Waals surface area contributed by atoms with Crippen LogP contribution in [0.2, 0.25) is 0 Å². The van der Waals surface area contributed by atoms with Crippen LogP contribution in [0.25, 0.3) is 0 Å². The fourth-order valence-electron chi connectivity index (χ4n) is 1.21. The Kier molecular flexibility index (Phi) is 3.24. The molecule has 1 aliphatic rings. The molecule has 0 heterocycles. The van der Waals surface area contributed by atoms with Crippen molar-refractivity contribution in [1.29, 1.82) is 0 Å². The molecule has 3 N–H and O–H groups in total. The monoisotopic (exact) mass is 189 g/mol. The molecule has 1 atom stereocenters. The maximum absolute atomic E-state index is 10.7. The molecule has 5 nitrogen and oxygen atoms in total. The van der Waals surface area contributed by atoms with Gasteiger partial charge in [-0.25, -0.2) is 0 Å². The first-order valence-electron chi connectivity index (χ1n) is 4.24. The summed E-state index contributed by atoms with van der Waals surface area (Å²) in [5, 5.41) is 20.6. The van der Waals surface area contributed by atoms with E-state index in [-0.39, 0.29) is 18.8 Å². The van der Waals surface area contributed by atoms with E-state index in [0.717, 1.165) is 12.8 Å². The lowest BCUT2D eigenvalue weighted by atomic mass is 10.2. The van der Waals surface area contributed by atoms with E-state index in [4.69, 9.17) is 14.9 Å². The molecule has 0 amide bonds. The number of carboxylic acid groups (broad SMARTS) is 1. The Morgan fingerprint density at radius 3 is 2.62 bits per heavy atom. The maximum Gasteiger partial charge on any atom is 0.323 e. The Labute approximate surface area is 76.7 Å². The third-order valence-corrected chi connectivity index (χ3v) is 2.27. The van der Waals surface area contributed by atoms with Gasteiger partial charge >= 0.3 is 5.97 Å². The minimum atomic E-state index is -0.943. The predicted octanol–water partition coefficient (Wildman–Crippen LogP) is -0.799. The summed E-state index contributed by atoms with van der Waals surface area (Å²) in [4.78, 5) is 10.7. The van der Waals surface area contributed by atoms with Gasteiger partial charge in [0.1, 0.15) is 6.04 Å². The van der Waals surface area contributed by atoms with Gasteiger partial charge in [-0.15, -0.1) is 0 Å². The van der Waals surface area contributed by atoms with E-state index in [1.807, 2.05) is 0 Å². The summed E-state index contributed by atoms with van der Waals surface area (Å²) >= 11 is 0. The minimum Gasteiger partial charge on any atom is -0.480 e. The van der Waals surface area contributed by atoms with Crippen molar-refractivity contribution >= 4 is 5.97 Å². The minimum absolute atomic E-state index is 0.0134. The number of hydrogen-bond donors (Lipinski definition) is 3. The quantitative estimate of drug-likeness (QED) is 0.510. The first kappa shape index (κ1) is 10.4. The Morgan fingerprint density at radius 1 is 1.69 bits per heavy atom. The number of methoxy groups -OCH3 is 1. The van der Waals surface area contributed by atoms with E-state index in [0.29, 0.717) is 0 Å². The zero-order valence-electron chi connectivity index (χ0n) is 7.62. The van der Waals surface area contributed by atoms with Gasteiger partial charge in [-0.3, -0.25) is 10.1 Å². The van der Waals surface area contributed by atoms with Crippen molar-refractivity contribution in [3.05, 3.63) is 0 Å². The SMILES string of the molecule is COCC(NC1(CO)CC1)C(=O)O. The van der Waals surface area contributed by atoms with E-state index < -0.39 is 12.0 Å². The van der Waals surface area contributed by atoms with Crippen LogP contribution in [-0.2, 0) is 9.53 Å². The van der Waals surface area contributed by atoms with Gasteiger partial charge in [-0.05, 0) is 12.8 Å². The fraction of sp³-hybridized carbons (Fsp3) is 0.875. The second kappa shape index (κ2) is 4.04. The summed E-state index contributed by atoms with van der Waals surface area (Å²) in [7, 11) is 1.45. The second-order valence-corrected chi connectivity index (χ2v) is 3.43. The van der Waals surface area contributed by atoms with Crippen molar-refractivity contribution in [2.75, 3.05) is 20.3 Å². The summed E-state index contributed by atoms with van der Waals surface area (Å²) in [6.45, 7) is 0.109. The van der Waals surface area contributed by atoms with Crippen LogP contribution in [0, 0.1) is 0 Å². The Bertz CT molecular complexity index is 191. The largest absolute Gasteiger partial charge is 0.480 e. The van der Waals surface area contributed by atoms with Crippen LogP contribution < -0.4 is 5.32 Å². The number of hydrogen-bond acceptors (Lipinski definition) is 4. The number of rotatable bonds is 6. The van der Waals surface area contributed by atoms with E-state index in [1.165, 1.54) is 7.11 Å². The molecule has 0 saturated heterocycles. The van der Waals surface area contributed by atoms with Gasteiger partial charge in [0.05, 0.1) is 13.2 Å². The molecule has 0 radical (unpaired) electrons. The molecule has 0 bridgehead atoms. The molecular weight excluding hydrogens is 174 g/mol. The maximum atomic E-state index is 10.7. The van der Waals surface area contributed by atoms with Gasteiger partial charge in [-0.1, -0.05) is 0 Å². The highest BCUT2D eigenvalue weighted by molar-refractivity contribution is 5.73. The average molecular weight is 189 g/mol. The number of carboxylic acids is 1. The average Bonchev–Trinajstić information content (AvgIpc) is 2.85. The molecule has 1 rings (SSSR count). The summed E-state index contributed by atoms with van der Waals surface area (Å²) in [6, 6.07) is -0.723. The Morgan fingerprint density at radius 2 is 2.31 bits per heavy atom. The molecule has 0 aliphatic heterocycles. The van der Waals surface area contributed by atoms with Crippen molar-refractivity contribution < 1.29 is 19.7 Å². The number of carbonyl (C=O) groups is 1. The smallest absolute Gasteiger partial charge is 0.323 e. The van der Waals surface area contributed by atoms with Crippen molar-refractivity contribution in [1.82, 2.24) is 5.32 Å². The molecule has 76 valence electrons. The van der Waals surface area contributed by atoms with Crippen LogP contribution in [0.5, 0.6) is 0 Å². The lowest BCUT2D eigenvalue weighted by Crippen LogP contribution is -2.49. The molecule has 1 aliphatic carbocycles. The van der Waals surface area contributed by atoms with Gasteiger partial charge in [0.2, 0.25) is 0 Å². The normalized spacial score (nSPS) is 21.1. The molecule has 13 heavy (non-hydrogen) atoms. The Balaban J connectivity index is 2.42. The van der Waals surface area contributed by atoms with Crippen LogP contribution in [0.4, 0.5) is 0 Å². The van der Waals surface area contributed by atoms with Crippen LogP contribution in [0.3, 0.4) is 0 Å². The molecule has 0 aromatic rings. The van der Waals surface area contributed by atoms with Gasteiger partial charge in [-0.2, -0.15) is 0 Å². The third-order valence-electron chi connectivity index (χ3n) is 2.27. The zero-order chi connectivity index (χ0) is 9.90. The van der Waals surface area contributed by atoms with E-state index in [2.05, 4.69) is 5.32 Å². The molecule has 0 aromatic heterocycles. The number of aliphatic hydroxyl groups excluding tert-OH is 1. The predicted molar refractivity (Wildman–Crippen MR) is 45.5 cm³/mol. The highest BCUT2D eigenvalue weighted by atomic mass is 16.5. The highest BCUT2D eigenvalue weighted by Gasteiger charge is 2.44.